The molecule has 4 saturated heterocycles. The van der Waals surface area contributed by atoms with Crippen LogP contribution in [0.25, 0.3) is 0 Å². The van der Waals surface area contributed by atoms with E-state index in [2.05, 4.69) is 54.6 Å². The minimum absolute atomic E-state index is 0.0928. The summed E-state index contributed by atoms with van der Waals surface area (Å²) in [7, 11) is 0. The van der Waals surface area contributed by atoms with Gasteiger partial charge in [0.05, 0.1) is 55.6 Å². The molecule has 0 aromatic carbocycles. The number of allylic oxidation sites excluding steroid dienone is 4. The fourth-order valence-electron chi connectivity index (χ4n) is 10.5. The molecule has 0 aromatic rings. The second-order valence-electron chi connectivity index (χ2n) is 17.9. The Balaban J connectivity index is 0.992. The van der Waals surface area contributed by atoms with Crippen LogP contribution in [0, 0.1) is 29.1 Å². The zero-order chi connectivity index (χ0) is 45.2. The number of fused-ring (bicyclic) bond motifs is 7. The standard InChI is InChI=1S/C44H67N3O14S/c1-20(2)21(3)22(4)23(5)24(6)47-27(41(56)46-14-11-13-45-30(50)19-62)12-9-7-8-10-15-57-43-34(52)25-16-26-33(51)31-38(61-42(26)60-37(25)29(18-49)59-43)39(55)44(31)32-36(54)35(53)28(17-48)58-40(32)44/h25-29,31-40,42-43,48-49,51-55,62H,1,3-5,7-19H2,2,6H3,(H,45,50)(H,46,56)/p+1. The Kier molecular flexibility index (Phi) is 16.3. The minimum Gasteiger partial charge on any atom is -0.394 e. The van der Waals surface area contributed by atoms with Crippen LogP contribution in [0.2, 0.25) is 0 Å². The van der Waals surface area contributed by atoms with Gasteiger partial charge in [0.1, 0.15) is 24.4 Å². The summed E-state index contributed by atoms with van der Waals surface area (Å²) in [5.74, 6) is -2.80. The number of carbonyl (C=O) groups is 2. The van der Waals surface area contributed by atoms with E-state index in [0.717, 1.165) is 18.4 Å². The molecular weight excluding hydrogens is 827 g/mol. The Morgan fingerprint density at radius 2 is 1.45 bits per heavy atom. The van der Waals surface area contributed by atoms with Crippen molar-refractivity contribution in [1.29, 1.82) is 0 Å². The van der Waals surface area contributed by atoms with E-state index in [1.807, 2.05) is 13.8 Å². The number of aliphatic hydroxyl groups is 7. The molecule has 6 fully saturated rings. The van der Waals surface area contributed by atoms with Gasteiger partial charge in [0.2, 0.25) is 11.9 Å². The first-order chi connectivity index (χ1) is 29.5. The predicted octanol–water partition coefficient (Wildman–Crippen LogP) is -2.07. The summed E-state index contributed by atoms with van der Waals surface area (Å²) < 4.78 is 30.4. The minimum atomic E-state index is -1.35. The lowest BCUT2D eigenvalue weighted by atomic mass is 9.56. The topological polar surface area (TPSA) is 260 Å². The summed E-state index contributed by atoms with van der Waals surface area (Å²) in [5, 5.41) is 81.8. The molecule has 2 aliphatic carbocycles. The molecule has 6 rings (SSSR count). The molecule has 0 bridgehead atoms. The van der Waals surface area contributed by atoms with Gasteiger partial charge >= 0.3 is 0 Å². The molecule has 2 saturated carbocycles. The molecular formula is C44H68N3O14S+. The number of carbonyl (C=O) groups excluding carboxylic acids is 2. The number of rotatable bonds is 21. The quantitative estimate of drug-likeness (QED) is 0.0257. The van der Waals surface area contributed by atoms with Gasteiger partial charge in [0.15, 0.2) is 18.3 Å². The number of hydrogen-bond acceptors (Lipinski definition) is 15. The fraction of sp³-hybridized carbons (Fsp3) is 0.750. The largest absolute Gasteiger partial charge is 0.394 e. The highest BCUT2D eigenvalue weighted by Crippen LogP contribution is 2.75. The van der Waals surface area contributed by atoms with E-state index in [1.54, 1.807) is 0 Å². The van der Waals surface area contributed by atoms with Gasteiger partial charge in [-0.25, -0.2) is 4.99 Å². The molecule has 18 atom stereocenters. The second-order valence-corrected chi connectivity index (χ2v) is 18.2. The van der Waals surface area contributed by atoms with Crippen molar-refractivity contribution >= 4 is 30.2 Å². The van der Waals surface area contributed by atoms with Gasteiger partial charge in [-0.2, -0.15) is 12.6 Å². The Morgan fingerprint density at radius 3 is 2.13 bits per heavy atom. The van der Waals surface area contributed by atoms with Crippen LogP contribution < -0.4 is 15.6 Å². The van der Waals surface area contributed by atoms with E-state index in [4.69, 9.17) is 23.7 Å². The number of amides is 2. The molecule has 0 radical (unpaired) electrons. The van der Waals surface area contributed by atoms with E-state index in [0.29, 0.717) is 61.2 Å². The highest BCUT2D eigenvalue weighted by Gasteiger charge is 2.87. The molecule has 10 N–H and O–H groups in total. The highest BCUT2D eigenvalue weighted by molar-refractivity contribution is 7.81. The van der Waals surface area contributed by atoms with Crippen LogP contribution in [0.5, 0.6) is 0 Å². The van der Waals surface area contributed by atoms with Crippen molar-refractivity contribution in [1.82, 2.24) is 10.6 Å². The number of thiol groups is 1. The van der Waals surface area contributed by atoms with Gasteiger partial charge in [-0.15, -0.1) is 0 Å². The van der Waals surface area contributed by atoms with E-state index < -0.39 is 122 Å². The number of aliphatic hydroxyl groups excluding tert-OH is 7. The average molecular weight is 895 g/mol. The monoisotopic (exact) mass is 894 g/mol. The van der Waals surface area contributed by atoms with E-state index in [-0.39, 0.29) is 30.6 Å². The summed E-state index contributed by atoms with van der Waals surface area (Å²) in [4.78, 5) is 28.2. The maximum Gasteiger partial charge on any atom is 0.288 e. The summed E-state index contributed by atoms with van der Waals surface area (Å²) in [6, 6.07) is -0.564. The van der Waals surface area contributed by atoms with Gasteiger partial charge in [0, 0.05) is 67.7 Å². The first-order valence-electron chi connectivity index (χ1n) is 21.9. The van der Waals surface area contributed by atoms with E-state index >= 15 is 0 Å². The molecule has 18 unspecified atom stereocenters. The lowest BCUT2D eigenvalue weighted by Gasteiger charge is -2.61. The van der Waals surface area contributed by atoms with E-state index in [1.165, 1.54) is 0 Å². The van der Waals surface area contributed by atoms with Crippen molar-refractivity contribution in [3.63, 3.8) is 0 Å². The lowest BCUT2D eigenvalue weighted by Crippen LogP contribution is -2.83. The van der Waals surface area contributed by atoms with Crippen LogP contribution in [-0.2, 0) is 33.3 Å². The first kappa shape index (κ1) is 48.9. The van der Waals surface area contributed by atoms with Crippen LogP contribution in [0.4, 0.5) is 0 Å². The molecule has 4 heterocycles. The van der Waals surface area contributed by atoms with Gasteiger partial charge in [-0.3, -0.25) is 9.59 Å². The highest BCUT2D eigenvalue weighted by atomic mass is 32.1. The normalized spacial score (nSPS) is 39.8. The molecule has 17 nitrogen and oxygen atoms in total. The SMILES string of the molecule is C=C(C)C(=C)C(=C)C(=C)C(C)=[NH+]C(CCCCCCOC1OC(CO)C2OC3OC4C(O)C5(C6OC(CO)C(O)C(O)C65)C4C(O)C3CC2C1O)C(=O)NCCCNC(=O)CS. The lowest BCUT2D eigenvalue weighted by molar-refractivity contribution is -0.488. The third kappa shape index (κ3) is 9.41. The van der Waals surface area contributed by atoms with Crippen LogP contribution in [-0.4, -0.2) is 172 Å². The van der Waals surface area contributed by atoms with Crippen molar-refractivity contribution in [3.8, 4) is 0 Å². The summed E-state index contributed by atoms with van der Waals surface area (Å²) in [5.41, 5.74) is 2.32. The molecule has 2 amide bonds. The molecule has 62 heavy (non-hydrogen) atoms. The second kappa shape index (κ2) is 20.7. The first-order valence-corrected chi connectivity index (χ1v) is 22.5. The van der Waals surface area contributed by atoms with Crippen LogP contribution in [0.15, 0.2) is 48.6 Å². The molecule has 348 valence electrons. The number of unbranched alkanes of at least 4 members (excludes halogenated alkanes) is 3. The molecule has 4 aliphatic heterocycles. The third-order valence-electron chi connectivity index (χ3n) is 14.1. The van der Waals surface area contributed by atoms with Gasteiger partial charge in [-0.1, -0.05) is 44.7 Å². The van der Waals surface area contributed by atoms with Crippen molar-refractivity contribution in [2.45, 2.75) is 138 Å². The predicted molar refractivity (Wildman–Crippen MR) is 227 cm³/mol. The van der Waals surface area contributed by atoms with Crippen molar-refractivity contribution in [3.05, 3.63) is 48.6 Å². The Morgan fingerprint density at radius 1 is 0.774 bits per heavy atom. The smallest absolute Gasteiger partial charge is 0.288 e. The van der Waals surface area contributed by atoms with E-state index in [9.17, 15) is 45.3 Å². The number of nitrogens with one attached hydrogen (secondary N) is 3. The van der Waals surface area contributed by atoms with Gasteiger partial charge in [0.25, 0.3) is 5.91 Å². The zero-order valence-electron chi connectivity index (χ0n) is 35.8. The average Bonchev–Trinajstić information content (AvgIpc) is 3.96. The van der Waals surface area contributed by atoms with Crippen LogP contribution >= 0.6 is 12.6 Å². The maximum absolute atomic E-state index is 13.3. The Hall–Kier alpha value is -2.56. The van der Waals surface area contributed by atoms with Crippen molar-refractivity contribution < 1.29 is 74.0 Å². The summed E-state index contributed by atoms with van der Waals surface area (Å²) >= 11 is 3.96. The Bertz CT molecular complexity index is 1720. The number of hydrogen-bond donors (Lipinski definition) is 11. The molecule has 18 heteroatoms. The van der Waals surface area contributed by atoms with Crippen molar-refractivity contribution in [2.75, 3.05) is 38.7 Å². The fourth-order valence-corrected chi connectivity index (χ4v) is 10.6. The molecule has 6 aliphatic rings. The third-order valence-corrected chi connectivity index (χ3v) is 14.4. The van der Waals surface area contributed by atoms with Gasteiger partial charge in [-0.05, 0) is 43.8 Å². The molecule has 1 spiro atoms. The maximum atomic E-state index is 13.3. The zero-order valence-corrected chi connectivity index (χ0v) is 36.7. The van der Waals surface area contributed by atoms with Crippen molar-refractivity contribution in [2.24, 2.45) is 29.1 Å². The van der Waals surface area contributed by atoms with Gasteiger partial charge < -0.3 is 70.1 Å². The summed E-state index contributed by atoms with van der Waals surface area (Å²) in [6.45, 7) is 20.0. The number of ether oxygens (including phenoxy) is 5. The Labute approximate surface area is 368 Å². The van der Waals surface area contributed by atoms with Crippen LogP contribution in [0.1, 0.15) is 58.8 Å². The summed E-state index contributed by atoms with van der Waals surface area (Å²) in [6.07, 6.45) is -7.98. The molecule has 0 aromatic heterocycles. The van der Waals surface area contributed by atoms with Crippen LogP contribution in [0.3, 0.4) is 0 Å².